The Balaban J connectivity index is 1.84. The van der Waals surface area contributed by atoms with Gasteiger partial charge in [-0.1, -0.05) is 5.16 Å². The summed E-state index contributed by atoms with van der Waals surface area (Å²) >= 11 is 0. The number of aryl methyl sites for hydroxylation is 1. The summed E-state index contributed by atoms with van der Waals surface area (Å²) in [5.74, 6) is 0.974. The van der Waals surface area contributed by atoms with Crippen LogP contribution in [0.25, 0.3) is 0 Å². The fourth-order valence-electron chi connectivity index (χ4n) is 2.22. The van der Waals surface area contributed by atoms with E-state index in [4.69, 9.17) is 9.63 Å². The Hall–Kier alpha value is -1.03. The molecular weight excluding hydrogens is 284 g/mol. The molecule has 2 heterocycles. The topological polar surface area (TPSA) is 109 Å². The summed E-state index contributed by atoms with van der Waals surface area (Å²) < 4.78 is 33.0. The Morgan fingerprint density at radius 2 is 2.35 bits per heavy atom. The van der Waals surface area contributed by atoms with Crippen LogP contribution in [0.2, 0.25) is 0 Å². The molecule has 20 heavy (non-hydrogen) atoms. The minimum atomic E-state index is -3.50. The summed E-state index contributed by atoms with van der Waals surface area (Å²) in [7, 11) is -3.50. The molecule has 1 saturated heterocycles. The van der Waals surface area contributed by atoms with E-state index in [1.807, 2.05) is 0 Å². The summed E-state index contributed by atoms with van der Waals surface area (Å²) in [6, 6.07) is 0. The lowest BCUT2D eigenvalue weighted by atomic mass is 10.0. The van der Waals surface area contributed by atoms with Crippen LogP contribution in [0.15, 0.2) is 4.52 Å². The lowest BCUT2D eigenvalue weighted by molar-refractivity contribution is 0.165. The van der Waals surface area contributed by atoms with Crippen LogP contribution in [0, 0.1) is 12.8 Å². The minimum absolute atomic E-state index is 0.0220. The van der Waals surface area contributed by atoms with Gasteiger partial charge in [0.15, 0.2) is 5.82 Å². The molecule has 0 aliphatic carbocycles. The van der Waals surface area contributed by atoms with E-state index < -0.39 is 10.2 Å². The molecule has 8 nitrogen and oxygen atoms in total. The van der Waals surface area contributed by atoms with Crippen LogP contribution in [0.1, 0.15) is 24.6 Å². The van der Waals surface area contributed by atoms with Crippen LogP contribution in [-0.2, 0) is 16.6 Å². The van der Waals surface area contributed by atoms with Gasteiger partial charge in [-0.2, -0.15) is 17.7 Å². The summed E-state index contributed by atoms with van der Waals surface area (Å²) in [6.45, 7) is 2.79. The van der Waals surface area contributed by atoms with Gasteiger partial charge >= 0.3 is 0 Å². The molecule has 1 fully saturated rings. The molecule has 0 amide bonds. The van der Waals surface area contributed by atoms with Gasteiger partial charge in [0.25, 0.3) is 10.2 Å². The molecule has 1 aromatic rings. The van der Waals surface area contributed by atoms with E-state index in [9.17, 15) is 8.42 Å². The Kier molecular flexibility index (Phi) is 5.08. The molecule has 0 spiro atoms. The van der Waals surface area contributed by atoms with E-state index in [2.05, 4.69) is 14.9 Å². The highest BCUT2D eigenvalue weighted by Crippen LogP contribution is 2.17. The van der Waals surface area contributed by atoms with E-state index in [1.165, 1.54) is 4.31 Å². The lowest BCUT2D eigenvalue weighted by Gasteiger charge is -2.30. The highest BCUT2D eigenvalue weighted by atomic mass is 32.2. The number of nitrogens with zero attached hydrogens (tertiary/aromatic N) is 3. The number of rotatable bonds is 6. The average Bonchev–Trinajstić information content (AvgIpc) is 2.84. The number of aliphatic hydroxyl groups excluding tert-OH is 1. The van der Waals surface area contributed by atoms with Gasteiger partial charge in [0.05, 0.1) is 0 Å². The summed E-state index contributed by atoms with van der Waals surface area (Å²) in [4.78, 5) is 4.01. The normalized spacial score (nSPS) is 21.2. The summed E-state index contributed by atoms with van der Waals surface area (Å²) in [6.07, 6.45) is 2.02. The van der Waals surface area contributed by atoms with Gasteiger partial charge in [0.2, 0.25) is 5.89 Å². The fraction of sp³-hybridized carbons (Fsp3) is 0.818. The smallest absolute Gasteiger partial charge is 0.279 e. The highest BCUT2D eigenvalue weighted by Gasteiger charge is 2.28. The third kappa shape index (κ3) is 3.98. The molecule has 0 saturated carbocycles. The lowest BCUT2D eigenvalue weighted by Crippen LogP contribution is -2.47. The van der Waals surface area contributed by atoms with Gasteiger partial charge < -0.3 is 9.63 Å². The molecule has 2 N–H and O–H groups in total. The van der Waals surface area contributed by atoms with Crippen molar-refractivity contribution in [3.8, 4) is 0 Å². The first-order valence-electron chi connectivity index (χ1n) is 6.66. The second-order valence-electron chi connectivity index (χ2n) is 4.93. The van der Waals surface area contributed by atoms with Crippen molar-refractivity contribution in [1.29, 1.82) is 0 Å². The molecule has 0 bridgehead atoms. The Bertz CT molecular complexity index is 530. The van der Waals surface area contributed by atoms with Crippen LogP contribution >= 0.6 is 0 Å². The van der Waals surface area contributed by atoms with Gasteiger partial charge in [-0.15, -0.1) is 0 Å². The number of piperidine rings is 1. The average molecular weight is 304 g/mol. The quantitative estimate of drug-likeness (QED) is 0.730. The van der Waals surface area contributed by atoms with E-state index in [1.54, 1.807) is 6.92 Å². The predicted octanol–water partition coefficient (Wildman–Crippen LogP) is -0.541. The third-order valence-corrected chi connectivity index (χ3v) is 4.86. The molecule has 1 aliphatic heterocycles. The number of hydrogen-bond acceptors (Lipinski definition) is 6. The number of aliphatic hydroxyl groups is 1. The summed E-state index contributed by atoms with van der Waals surface area (Å²) in [5.41, 5.74) is 0. The van der Waals surface area contributed by atoms with Crippen molar-refractivity contribution in [3.05, 3.63) is 11.7 Å². The second-order valence-corrected chi connectivity index (χ2v) is 6.68. The number of nitrogens with one attached hydrogen (secondary N) is 1. The molecule has 1 aromatic heterocycles. The molecule has 114 valence electrons. The fourth-order valence-corrected chi connectivity index (χ4v) is 3.54. The maximum absolute atomic E-state index is 12.1. The minimum Gasteiger partial charge on any atom is -0.396 e. The van der Waals surface area contributed by atoms with Crippen LogP contribution in [0.4, 0.5) is 0 Å². The summed E-state index contributed by atoms with van der Waals surface area (Å²) in [5, 5.41) is 12.8. The Labute approximate surface area is 118 Å². The molecule has 9 heteroatoms. The predicted molar refractivity (Wildman–Crippen MR) is 71.0 cm³/mol. The van der Waals surface area contributed by atoms with Crippen molar-refractivity contribution in [3.63, 3.8) is 0 Å². The van der Waals surface area contributed by atoms with E-state index >= 15 is 0 Å². The Morgan fingerprint density at radius 1 is 1.55 bits per heavy atom. The van der Waals surface area contributed by atoms with E-state index in [0.717, 1.165) is 12.8 Å². The van der Waals surface area contributed by atoms with Gasteiger partial charge in [0, 0.05) is 39.6 Å². The van der Waals surface area contributed by atoms with Crippen LogP contribution in [0.5, 0.6) is 0 Å². The van der Waals surface area contributed by atoms with Gasteiger partial charge in [0.1, 0.15) is 0 Å². The number of aromatic nitrogens is 2. The molecule has 0 aromatic carbocycles. The van der Waals surface area contributed by atoms with Crippen molar-refractivity contribution in [1.82, 2.24) is 19.2 Å². The monoisotopic (exact) mass is 304 g/mol. The molecule has 1 aliphatic rings. The zero-order chi connectivity index (χ0) is 14.6. The maximum Gasteiger partial charge on any atom is 0.279 e. The zero-order valence-electron chi connectivity index (χ0n) is 11.4. The zero-order valence-corrected chi connectivity index (χ0v) is 12.3. The second kappa shape index (κ2) is 6.61. The van der Waals surface area contributed by atoms with Crippen molar-refractivity contribution < 1.29 is 18.0 Å². The first kappa shape index (κ1) is 15.4. The molecule has 1 atom stereocenters. The standard InChI is InChI=1S/C11H20N4O4S/c1-9-13-11(14-19-9)4-5-12-20(17,18)15-6-2-3-10(7-15)8-16/h10,12,16H,2-8H2,1H3. The first-order valence-corrected chi connectivity index (χ1v) is 8.10. The largest absolute Gasteiger partial charge is 0.396 e. The third-order valence-electron chi connectivity index (χ3n) is 3.28. The maximum atomic E-state index is 12.1. The molecular formula is C11H20N4O4S. The van der Waals surface area contributed by atoms with Crippen LogP contribution in [0.3, 0.4) is 0 Å². The van der Waals surface area contributed by atoms with Crippen LogP contribution < -0.4 is 4.72 Å². The molecule has 1 unspecified atom stereocenters. The van der Waals surface area contributed by atoms with Crippen molar-refractivity contribution in [2.24, 2.45) is 5.92 Å². The SMILES string of the molecule is Cc1nc(CCNS(=O)(=O)N2CCCC(CO)C2)no1. The molecule has 0 radical (unpaired) electrons. The Morgan fingerprint density at radius 3 is 3.00 bits per heavy atom. The van der Waals surface area contributed by atoms with Gasteiger partial charge in [-0.05, 0) is 18.8 Å². The first-order chi connectivity index (χ1) is 9.51. The van der Waals surface area contributed by atoms with Crippen LogP contribution in [-0.4, -0.2) is 54.2 Å². The molecule has 2 rings (SSSR count). The highest BCUT2D eigenvalue weighted by molar-refractivity contribution is 7.87. The van der Waals surface area contributed by atoms with Gasteiger partial charge in [-0.3, -0.25) is 0 Å². The number of hydrogen-bond donors (Lipinski definition) is 2. The van der Waals surface area contributed by atoms with Gasteiger partial charge in [-0.25, -0.2) is 4.72 Å². The van der Waals surface area contributed by atoms with Crippen molar-refractivity contribution >= 4 is 10.2 Å². The van der Waals surface area contributed by atoms with E-state index in [-0.39, 0.29) is 19.1 Å². The van der Waals surface area contributed by atoms with Crippen molar-refractivity contribution in [2.45, 2.75) is 26.2 Å². The van der Waals surface area contributed by atoms with Crippen molar-refractivity contribution in [2.75, 3.05) is 26.2 Å². The van der Waals surface area contributed by atoms with E-state index in [0.29, 0.717) is 31.2 Å².